The molecule has 0 bridgehead atoms. The van der Waals surface area contributed by atoms with Gasteiger partial charge in [-0.2, -0.15) is 5.26 Å². The van der Waals surface area contributed by atoms with Crippen molar-refractivity contribution in [3.05, 3.63) is 71.0 Å². The average Bonchev–Trinajstić information content (AvgIpc) is 2.56. The van der Waals surface area contributed by atoms with E-state index in [1.165, 1.54) is 18.2 Å². The molecule has 0 saturated heterocycles. The van der Waals surface area contributed by atoms with E-state index in [2.05, 4.69) is 6.07 Å². The van der Waals surface area contributed by atoms with Gasteiger partial charge in [0, 0.05) is 13.1 Å². The smallest absolute Gasteiger partial charge is 0.123 e. The molecule has 0 heterocycles. The van der Waals surface area contributed by atoms with Crippen LogP contribution in [-0.2, 0) is 17.9 Å². The summed E-state index contributed by atoms with van der Waals surface area (Å²) in [7, 11) is 1.81. The molecule has 2 aromatic carbocycles. The Morgan fingerprint density at radius 2 is 2.00 bits per heavy atom. The lowest BCUT2D eigenvalue weighted by Crippen LogP contribution is -2.32. The summed E-state index contributed by atoms with van der Waals surface area (Å²) in [6.07, 6.45) is -0.655. The van der Waals surface area contributed by atoms with Crippen LogP contribution >= 0.6 is 0 Å². The van der Waals surface area contributed by atoms with Crippen molar-refractivity contribution < 1.29 is 14.2 Å². The van der Waals surface area contributed by atoms with Crippen LogP contribution < -0.4 is 0 Å². The van der Waals surface area contributed by atoms with Crippen LogP contribution in [0.2, 0.25) is 0 Å². The van der Waals surface area contributed by atoms with Crippen LogP contribution in [0.4, 0.5) is 4.39 Å². The van der Waals surface area contributed by atoms with Crippen LogP contribution in [0.3, 0.4) is 0 Å². The van der Waals surface area contributed by atoms with Crippen molar-refractivity contribution in [3.8, 4) is 6.07 Å². The number of hydrogen-bond acceptors (Lipinski definition) is 4. The zero-order chi connectivity index (χ0) is 17.4. The lowest BCUT2D eigenvalue weighted by Gasteiger charge is -2.21. The van der Waals surface area contributed by atoms with Gasteiger partial charge in [0.2, 0.25) is 0 Å². The Morgan fingerprint density at radius 3 is 2.71 bits per heavy atom. The maximum absolute atomic E-state index is 13.3. The standard InChI is InChI=1S/C19H21FN2O2/c1-22(11-17-9-18(20)8-7-16(17)10-21)12-19(23)14-24-13-15-5-3-2-4-6-15/h2-9,19,23H,11-14H2,1H3. The molecule has 5 heteroatoms. The highest BCUT2D eigenvalue weighted by atomic mass is 19.1. The number of benzene rings is 2. The minimum Gasteiger partial charge on any atom is -0.389 e. The molecule has 0 aliphatic heterocycles. The van der Waals surface area contributed by atoms with E-state index in [1.807, 2.05) is 42.3 Å². The second-order valence-corrected chi connectivity index (χ2v) is 5.76. The molecular formula is C19H21FN2O2. The Kier molecular flexibility index (Phi) is 6.89. The van der Waals surface area contributed by atoms with Gasteiger partial charge in [0.25, 0.3) is 0 Å². The normalized spacial score (nSPS) is 12.1. The minimum atomic E-state index is -0.655. The summed E-state index contributed by atoms with van der Waals surface area (Å²) < 4.78 is 18.8. The summed E-state index contributed by atoms with van der Waals surface area (Å²) in [5, 5.41) is 19.1. The van der Waals surface area contributed by atoms with Crippen molar-refractivity contribution in [1.29, 1.82) is 5.26 Å². The largest absolute Gasteiger partial charge is 0.389 e. The minimum absolute atomic E-state index is 0.216. The predicted octanol–water partition coefficient (Wildman–Crippen LogP) is 2.71. The van der Waals surface area contributed by atoms with Gasteiger partial charge < -0.3 is 9.84 Å². The molecule has 24 heavy (non-hydrogen) atoms. The number of nitrogens with zero attached hydrogens (tertiary/aromatic N) is 2. The first kappa shape index (κ1) is 18.1. The van der Waals surface area contributed by atoms with E-state index >= 15 is 0 Å². The van der Waals surface area contributed by atoms with Gasteiger partial charge in [0.05, 0.1) is 31.0 Å². The van der Waals surface area contributed by atoms with Gasteiger partial charge in [-0.25, -0.2) is 4.39 Å². The van der Waals surface area contributed by atoms with Gasteiger partial charge in [-0.15, -0.1) is 0 Å². The van der Waals surface area contributed by atoms with Crippen molar-refractivity contribution in [2.45, 2.75) is 19.3 Å². The van der Waals surface area contributed by atoms with Gasteiger partial charge in [0.15, 0.2) is 0 Å². The van der Waals surface area contributed by atoms with E-state index in [0.29, 0.717) is 30.8 Å². The molecule has 1 N–H and O–H groups in total. The fraction of sp³-hybridized carbons (Fsp3) is 0.316. The van der Waals surface area contributed by atoms with E-state index in [1.54, 1.807) is 0 Å². The van der Waals surface area contributed by atoms with E-state index in [-0.39, 0.29) is 12.4 Å². The number of aliphatic hydroxyl groups excluding tert-OH is 1. The monoisotopic (exact) mass is 328 g/mol. The summed E-state index contributed by atoms with van der Waals surface area (Å²) in [5.74, 6) is -0.371. The Labute approximate surface area is 141 Å². The average molecular weight is 328 g/mol. The second-order valence-electron chi connectivity index (χ2n) is 5.76. The first-order chi connectivity index (χ1) is 11.6. The second kappa shape index (κ2) is 9.14. The Bertz CT molecular complexity index is 686. The maximum atomic E-state index is 13.3. The molecule has 0 aliphatic carbocycles. The fourth-order valence-corrected chi connectivity index (χ4v) is 2.46. The third-order valence-electron chi connectivity index (χ3n) is 3.57. The lowest BCUT2D eigenvalue weighted by atomic mass is 10.1. The lowest BCUT2D eigenvalue weighted by molar-refractivity contribution is 0.0127. The van der Waals surface area contributed by atoms with Gasteiger partial charge in [-0.05, 0) is 36.4 Å². The topological polar surface area (TPSA) is 56.5 Å². The van der Waals surface area contributed by atoms with E-state index in [4.69, 9.17) is 10.00 Å². The molecule has 1 unspecified atom stereocenters. The van der Waals surface area contributed by atoms with Crippen molar-refractivity contribution in [2.75, 3.05) is 20.2 Å². The Morgan fingerprint density at radius 1 is 1.25 bits per heavy atom. The zero-order valence-corrected chi connectivity index (χ0v) is 13.7. The molecular weight excluding hydrogens is 307 g/mol. The van der Waals surface area contributed by atoms with Crippen LogP contribution in [0.15, 0.2) is 48.5 Å². The highest BCUT2D eigenvalue weighted by Gasteiger charge is 2.12. The van der Waals surface area contributed by atoms with Crippen LogP contribution in [0.5, 0.6) is 0 Å². The van der Waals surface area contributed by atoms with E-state index < -0.39 is 6.10 Å². The summed E-state index contributed by atoms with van der Waals surface area (Å²) in [5.41, 5.74) is 2.10. The fourth-order valence-electron chi connectivity index (χ4n) is 2.46. The predicted molar refractivity (Wildman–Crippen MR) is 89.6 cm³/mol. The molecule has 2 rings (SSSR count). The van der Waals surface area contributed by atoms with Crippen molar-refractivity contribution in [1.82, 2.24) is 4.90 Å². The summed E-state index contributed by atoms with van der Waals surface area (Å²) in [6, 6.07) is 15.9. The number of halogens is 1. The molecule has 4 nitrogen and oxygen atoms in total. The zero-order valence-electron chi connectivity index (χ0n) is 13.7. The summed E-state index contributed by atoms with van der Waals surface area (Å²) >= 11 is 0. The summed E-state index contributed by atoms with van der Waals surface area (Å²) in [4.78, 5) is 1.84. The number of rotatable bonds is 8. The number of aliphatic hydroxyl groups is 1. The van der Waals surface area contributed by atoms with Gasteiger partial charge in [-0.1, -0.05) is 30.3 Å². The Balaban J connectivity index is 1.78. The van der Waals surface area contributed by atoms with Gasteiger partial charge in [-0.3, -0.25) is 4.90 Å². The molecule has 126 valence electrons. The molecule has 0 amide bonds. The van der Waals surface area contributed by atoms with Crippen LogP contribution in [0.25, 0.3) is 0 Å². The van der Waals surface area contributed by atoms with E-state index in [0.717, 1.165) is 5.56 Å². The maximum Gasteiger partial charge on any atom is 0.123 e. The highest BCUT2D eigenvalue weighted by Crippen LogP contribution is 2.13. The van der Waals surface area contributed by atoms with Gasteiger partial charge >= 0.3 is 0 Å². The van der Waals surface area contributed by atoms with Crippen molar-refractivity contribution in [2.24, 2.45) is 0 Å². The third kappa shape index (κ3) is 5.74. The molecule has 0 aromatic heterocycles. The summed E-state index contributed by atoms with van der Waals surface area (Å²) in [6.45, 7) is 1.42. The number of hydrogen-bond donors (Lipinski definition) is 1. The first-order valence-corrected chi connectivity index (χ1v) is 7.75. The SMILES string of the molecule is CN(Cc1cc(F)ccc1C#N)CC(O)COCc1ccccc1. The van der Waals surface area contributed by atoms with Crippen LogP contribution in [0, 0.1) is 17.1 Å². The first-order valence-electron chi connectivity index (χ1n) is 7.75. The van der Waals surface area contributed by atoms with Crippen LogP contribution in [0.1, 0.15) is 16.7 Å². The Hall–Kier alpha value is -2.26. The molecule has 0 spiro atoms. The number of likely N-dealkylation sites (N-methyl/N-ethyl adjacent to an activating group) is 1. The number of nitriles is 1. The molecule has 0 aliphatic rings. The molecule has 1 atom stereocenters. The highest BCUT2D eigenvalue weighted by molar-refractivity contribution is 5.37. The van der Waals surface area contributed by atoms with Crippen molar-refractivity contribution >= 4 is 0 Å². The van der Waals surface area contributed by atoms with Gasteiger partial charge in [0.1, 0.15) is 5.82 Å². The van der Waals surface area contributed by atoms with Crippen molar-refractivity contribution in [3.63, 3.8) is 0 Å². The van der Waals surface area contributed by atoms with E-state index in [9.17, 15) is 9.50 Å². The number of ether oxygens (including phenoxy) is 1. The molecule has 0 radical (unpaired) electrons. The quantitative estimate of drug-likeness (QED) is 0.809. The molecule has 2 aromatic rings. The third-order valence-corrected chi connectivity index (χ3v) is 3.57. The van der Waals surface area contributed by atoms with Crippen LogP contribution in [-0.4, -0.2) is 36.3 Å². The molecule has 0 fully saturated rings. The molecule has 0 saturated carbocycles.